The van der Waals surface area contributed by atoms with E-state index >= 15 is 0 Å². The van der Waals surface area contributed by atoms with Crippen molar-refractivity contribution in [1.82, 2.24) is 10.2 Å². The number of rotatable bonds is 7. The van der Waals surface area contributed by atoms with Crippen molar-refractivity contribution < 1.29 is 14.6 Å². The Balaban J connectivity index is 2.62. The van der Waals surface area contributed by atoms with Crippen molar-refractivity contribution in [1.29, 1.82) is 0 Å². The van der Waals surface area contributed by atoms with E-state index in [1.165, 1.54) is 7.11 Å². The fourth-order valence-electron chi connectivity index (χ4n) is 3.30. The first-order valence-corrected chi connectivity index (χ1v) is 9.06. The highest BCUT2D eigenvalue weighted by molar-refractivity contribution is 7.80. The molecule has 2 rings (SSSR count). The molecule has 0 bridgehead atoms. The van der Waals surface area contributed by atoms with E-state index in [9.17, 15) is 9.90 Å². The van der Waals surface area contributed by atoms with Crippen molar-refractivity contribution in [3.8, 4) is 11.5 Å². The summed E-state index contributed by atoms with van der Waals surface area (Å²) in [6.45, 7) is 10.0. The van der Waals surface area contributed by atoms with Crippen molar-refractivity contribution in [2.24, 2.45) is 0 Å². The highest BCUT2D eigenvalue weighted by atomic mass is 32.1. The molecule has 1 aliphatic heterocycles. The highest BCUT2D eigenvalue weighted by Crippen LogP contribution is 2.38. The molecule has 1 atom stereocenters. The van der Waals surface area contributed by atoms with Gasteiger partial charge in [-0.15, -0.1) is 6.58 Å². The number of phenolic OH excluding ortho intramolecular Hbond substituents is 1. The van der Waals surface area contributed by atoms with Gasteiger partial charge in [-0.3, -0.25) is 4.79 Å². The van der Waals surface area contributed by atoms with E-state index < -0.39 is 0 Å². The Bertz CT molecular complexity index is 771. The molecule has 1 aromatic carbocycles. The molecule has 0 radical (unpaired) electrons. The summed E-state index contributed by atoms with van der Waals surface area (Å²) >= 11 is 5.53. The summed E-state index contributed by atoms with van der Waals surface area (Å²) in [6, 6.07) is 3.23. The lowest BCUT2D eigenvalue weighted by molar-refractivity contribution is -0.114. The largest absolute Gasteiger partial charge is 0.504 e. The summed E-state index contributed by atoms with van der Waals surface area (Å²) < 4.78 is 5.32. The van der Waals surface area contributed by atoms with Crippen LogP contribution in [0.15, 0.2) is 36.1 Å². The number of carbonyl (C=O) groups is 1. The zero-order chi connectivity index (χ0) is 19.4. The smallest absolute Gasteiger partial charge is 0.173 e. The molecule has 0 spiro atoms. The third kappa shape index (κ3) is 3.75. The Morgan fingerprint density at radius 3 is 2.73 bits per heavy atom. The van der Waals surface area contributed by atoms with Crippen molar-refractivity contribution in [2.45, 2.75) is 39.7 Å². The fourth-order valence-corrected chi connectivity index (χ4v) is 3.65. The normalized spacial score (nSPS) is 17.2. The van der Waals surface area contributed by atoms with Gasteiger partial charge in [0, 0.05) is 23.4 Å². The number of nitrogens with one attached hydrogen (secondary N) is 1. The molecule has 140 valence electrons. The standard InChI is InChI=1S/C20H26N2O3S/c1-6-8-14-10-15(11-16(25-5)19(14)24)18-17(13(4)23)12(3)22(9-7-2)20(26)21-18/h6,10-11,18,24H,1,7-9H2,2-5H3,(H,21,26). The Hall–Kier alpha value is -2.34. The zero-order valence-corrected chi connectivity index (χ0v) is 16.6. The fraction of sp³-hybridized carbons (Fsp3) is 0.400. The minimum atomic E-state index is -0.383. The molecule has 0 aromatic heterocycles. The Morgan fingerprint density at radius 2 is 2.19 bits per heavy atom. The number of hydrogen-bond acceptors (Lipinski definition) is 4. The van der Waals surface area contributed by atoms with Crippen LogP contribution in [0.25, 0.3) is 0 Å². The average molecular weight is 375 g/mol. The number of ether oxygens (including phenoxy) is 1. The van der Waals surface area contributed by atoms with Gasteiger partial charge in [0.2, 0.25) is 0 Å². The quantitative estimate of drug-likeness (QED) is 0.561. The second-order valence-electron chi connectivity index (χ2n) is 6.31. The minimum Gasteiger partial charge on any atom is -0.504 e. The van der Waals surface area contributed by atoms with E-state index in [0.717, 1.165) is 24.2 Å². The van der Waals surface area contributed by atoms with Gasteiger partial charge in [0.05, 0.1) is 13.2 Å². The first kappa shape index (κ1) is 20.0. The van der Waals surface area contributed by atoms with E-state index in [1.54, 1.807) is 19.1 Å². The number of allylic oxidation sites excluding steroid dienone is 2. The number of methoxy groups -OCH3 is 1. The summed E-state index contributed by atoms with van der Waals surface area (Å²) in [4.78, 5) is 14.4. The number of aromatic hydroxyl groups is 1. The second-order valence-corrected chi connectivity index (χ2v) is 6.70. The van der Waals surface area contributed by atoms with Crippen LogP contribution in [-0.4, -0.2) is 34.6 Å². The van der Waals surface area contributed by atoms with E-state index in [4.69, 9.17) is 17.0 Å². The molecule has 6 heteroatoms. The maximum Gasteiger partial charge on any atom is 0.173 e. The molecule has 0 amide bonds. The summed E-state index contributed by atoms with van der Waals surface area (Å²) in [5.41, 5.74) is 3.05. The molecular formula is C20H26N2O3S. The Labute approximate surface area is 160 Å². The average Bonchev–Trinajstić information content (AvgIpc) is 2.59. The molecule has 0 fully saturated rings. The van der Waals surface area contributed by atoms with Crippen molar-refractivity contribution >= 4 is 23.1 Å². The minimum absolute atomic E-state index is 0.0130. The summed E-state index contributed by atoms with van der Waals surface area (Å²) in [6.07, 6.45) is 3.13. The Morgan fingerprint density at radius 1 is 1.50 bits per heavy atom. The molecule has 1 unspecified atom stereocenters. The van der Waals surface area contributed by atoms with Crippen LogP contribution in [0.1, 0.15) is 44.4 Å². The first-order chi connectivity index (χ1) is 12.3. The third-order valence-electron chi connectivity index (χ3n) is 4.52. The zero-order valence-electron chi connectivity index (χ0n) is 15.8. The number of Topliss-reactive ketones (excluding diaryl/α,β-unsaturated/α-hetero) is 1. The van der Waals surface area contributed by atoms with Gasteiger partial charge in [-0.25, -0.2) is 0 Å². The van der Waals surface area contributed by atoms with E-state index in [2.05, 4.69) is 18.8 Å². The van der Waals surface area contributed by atoms with Crippen LogP contribution < -0.4 is 10.1 Å². The Kier molecular flexibility index (Phi) is 6.42. The van der Waals surface area contributed by atoms with Gasteiger partial charge in [-0.2, -0.15) is 0 Å². The monoisotopic (exact) mass is 374 g/mol. The van der Waals surface area contributed by atoms with Crippen molar-refractivity contribution in [3.63, 3.8) is 0 Å². The van der Waals surface area contributed by atoms with Crippen LogP contribution in [-0.2, 0) is 11.2 Å². The SMILES string of the molecule is C=CCc1cc(C2NC(=S)N(CCC)C(C)=C2C(C)=O)cc(OC)c1O. The number of nitrogens with zero attached hydrogens (tertiary/aromatic N) is 1. The molecule has 1 aliphatic rings. The number of thiocarbonyl (C=S) groups is 1. The van der Waals surface area contributed by atoms with Crippen LogP contribution in [0.3, 0.4) is 0 Å². The lowest BCUT2D eigenvalue weighted by Gasteiger charge is -2.38. The predicted octanol–water partition coefficient (Wildman–Crippen LogP) is 3.63. The van der Waals surface area contributed by atoms with Gasteiger partial charge in [-0.05, 0) is 56.6 Å². The second kappa shape index (κ2) is 8.36. The highest BCUT2D eigenvalue weighted by Gasteiger charge is 2.32. The first-order valence-electron chi connectivity index (χ1n) is 8.66. The van der Waals surface area contributed by atoms with Crippen LogP contribution >= 0.6 is 12.2 Å². The van der Waals surface area contributed by atoms with E-state index in [-0.39, 0.29) is 17.6 Å². The molecule has 0 saturated carbocycles. The third-order valence-corrected chi connectivity index (χ3v) is 4.85. The predicted molar refractivity (Wildman–Crippen MR) is 107 cm³/mol. The van der Waals surface area contributed by atoms with Crippen LogP contribution in [0.5, 0.6) is 11.5 Å². The summed E-state index contributed by atoms with van der Waals surface area (Å²) in [5.74, 6) is 0.441. The van der Waals surface area contributed by atoms with Gasteiger partial charge in [0.15, 0.2) is 22.4 Å². The molecule has 0 aliphatic carbocycles. The summed E-state index contributed by atoms with van der Waals surface area (Å²) in [7, 11) is 1.51. The molecule has 0 saturated heterocycles. The topological polar surface area (TPSA) is 61.8 Å². The lowest BCUT2D eigenvalue weighted by atomic mass is 9.90. The molecule has 2 N–H and O–H groups in total. The molecule has 1 aromatic rings. The number of phenols is 1. The van der Waals surface area contributed by atoms with Crippen LogP contribution in [0.4, 0.5) is 0 Å². The van der Waals surface area contributed by atoms with Gasteiger partial charge >= 0.3 is 0 Å². The van der Waals surface area contributed by atoms with E-state index in [1.807, 2.05) is 17.9 Å². The molecule has 1 heterocycles. The van der Waals surface area contributed by atoms with Gasteiger partial charge in [0.1, 0.15) is 0 Å². The van der Waals surface area contributed by atoms with E-state index in [0.29, 0.717) is 28.4 Å². The molecular weight excluding hydrogens is 348 g/mol. The van der Waals surface area contributed by atoms with Gasteiger partial charge in [0.25, 0.3) is 0 Å². The maximum absolute atomic E-state index is 12.4. The number of benzene rings is 1. The molecule has 5 nitrogen and oxygen atoms in total. The van der Waals surface area contributed by atoms with Gasteiger partial charge in [-0.1, -0.05) is 13.0 Å². The number of ketones is 1. The van der Waals surface area contributed by atoms with Crippen molar-refractivity contribution in [3.05, 3.63) is 47.2 Å². The van der Waals surface area contributed by atoms with Crippen LogP contribution in [0.2, 0.25) is 0 Å². The maximum atomic E-state index is 12.4. The summed E-state index contributed by atoms with van der Waals surface area (Å²) in [5, 5.41) is 14.2. The lowest BCUT2D eigenvalue weighted by Crippen LogP contribution is -2.47. The van der Waals surface area contributed by atoms with Gasteiger partial charge < -0.3 is 20.1 Å². The number of hydrogen-bond donors (Lipinski definition) is 2. The molecule has 26 heavy (non-hydrogen) atoms. The number of carbonyl (C=O) groups excluding carboxylic acids is 1. The van der Waals surface area contributed by atoms with Crippen molar-refractivity contribution in [2.75, 3.05) is 13.7 Å². The van der Waals surface area contributed by atoms with Crippen LogP contribution in [0, 0.1) is 0 Å².